The first-order valence-corrected chi connectivity index (χ1v) is 8.22. The predicted molar refractivity (Wildman–Crippen MR) is 83.3 cm³/mol. The molecule has 1 aliphatic rings. The molecule has 0 unspecified atom stereocenters. The van der Waals surface area contributed by atoms with Crippen molar-refractivity contribution in [2.45, 2.75) is 57.1 Å². The predicted octanol–water partition coefficient (Wildman–Crippen LogP) is 3.80. The second-order valence-corrected chi connectivity index (χ2v) is 6.64. The molecule has 0 spiro atoms. The van der Waals surface area contributed by atoms with E-state index in [1.807, 2.05) is 6.07 Å². The summed E-state index contributed by atoms with van der Waals surface area (Å²) < 4.78 is 14.0. The van der Waals surface area contributed by atoms with Crippen molar-refractivity contribution in [1.82, 2.24) is 5.32 Å². The maximum atomic E-state index is 13.5. The first-order valence-electron chi connectivity index (χ1n) is 7.43. The van der Waals surface area contributed by atoms with Crippen LogP contribution in [-0.4, -0.2) is 23.3 Å². The molecule has 4 heteroatoms. The van der Waals surface area contributed by atoms with E-state index in [0.29, 0.717) is 16.9 Å². The third-order valence-electron chi connectivity index (χ3n) is 4.15. The summed E-state index contributed by atoms with van der Waals surface area (Å²) in [5, 5.41) is 14.2. The van der Waals surface area contributed by atoms with Gasteiger partial charge in [-0.3, -0.25) is 0 Å². The first kappa shape index (κ1) is 15.9. The van der Waals surface area contributed by atoms with Crippen molar-refractivity contribution in [3.63, 3.8) is 0 Å². The Morgan fingerprint density at radius 1 is 1.40 bits per heavy atom. The van der Waals surface area contributed by atoms with E-state index in [9.17, 15) is 9.50 Å². The minimum atomic E-state index is -0.694. The van der Waals surface area contributed by atoms with E-state index in [2.05, 4.69) is 28.2 Å². The smallest absolute Gasteiger partial charge is 0.137 e. The molecule has 2 rings (SSSR count). The summed E-state index contributed by atoms with van der Waals surface area (Å²) in [7, 11) is 0. The Balaban J connectivity index is 1.95. The van der Waals surface area contributed by atoms with Crippen LogP contribution in [0.1, 0.15) is 44.6 Å². The number of nitrogens with one attached hydrogen (secondary N) is 1. The highest BCUT2D eigenvalue weighted by atomic mass is 79.9. The van der Waals surface area contributed by atoms with Crippen molar-refractivity contribution >= 4 is 15.9 Å². The van der Waals surface area contributed by atoms with Crippen molar-refractivity contribution < 1.29 is 9.50 Å². The van der Waals surface area contributed by atoms with E-state index in [-0.39, 0.29) is 5.82 Å². The van der Waals surface area contributed by atoms with Crippen LogP contribution in [0.4, 0.5) is 4.39 Å². The molecule has 1 aliphatic carbocycles. The molecule has 0 aromatic heterocycles. The van der Waals surface area contributed by atoms with E-state index in [1.165, 1.54) is 6.07 Å². The number of halogens is 2. The summed E-state index contributed by atoms with van der Waals surface area (Å²) in [5.41, 5.74) is 0.160. The molecule has 2 nitrogen and oxygen atoms in total. The summed E-state index contributed by atoms with van der Waals surface area (Å²) in [4.78, 5) is 0. The normalized spacial score (nSPS) is 26.7. The number of hydrogen-bond acceptors (Lipinski definition) is 2. The quantitative estimate of drug-likeness (QED) is 0.852. The van der Waals surface area contributed by atoms with Crippen LogP contribution in [0.5, 0.6) is 0 Å². The molecule has 20 heavy (non-hydrogen) atoms. The SMILES string of the molecule is CCCNC1CCC(O)(Cc2cccc(F)c2Br)CC1. The molecule has 2 N–H and O–H groups in total. The Morgan fingerprint density at radius 2 is 2.10 bits per heavy atom. The second kappa shape index (κ2) is 7.01. The molecular formula is C16H23BrFNO. The van der Waals surface area contributed by atoms with Crippen LogP contribution in [0.3, 0.4) is 0 Å². The molecule has 0 amide bonds. The molecule has 112 valence electrons. The van der Waals surface area contributed by atoms with E-state index in [4.69, 9.17) is 0 Å². The van der Waals surface area contributed by atoms with E-state index in [0.717, 1.165) is 44.2 Å². The fourth-order valence-corrected chi connectivity index (χ4v) is 3.33. The minimum absolute atomic E-state index is 0.260. The van der Waals surface area contributed by atoms with Crippen molar-refractivity contribution in [3.05, 3.63) is 34.1 Å². The van der Waals surface area contributed by atoms with Gasteiger partial charge in [-0.15, -0.1) is 0 Å². The minimum Gasteiger partial charge on any atom is -0.390 e. The summed E-state index contributed by atoms with van der Waals surface area (Å²) >= 11 is 3.28. The van der Waals surface area contributed by atoms with Gasteiger partial charge in [0.2, 0.25) is 0 Å². The van der Waals surface area contributed by atoms with E-state index < -0.39 is 5.60 Å². The van der Waals surface area contributed by atoms with Gasteiger partial charge in [0.15, 0.2) is 0 Å². The molecule has 0 aliphatic heterocycles. The lowest BCUT2D eigenvalue weighted by Gasteiger charge is -2.36. The second-order valence-electron chi connectivity index (χ2n) is 5.84. The molecule has 0 radical (unpaired) electrons. The summed E-state index contributed by atoms with van der Waals surface area (Å²) in [5.74, 6) is -0.260. The molecule has 1 aromatic rings. The highest BCUT2D eigenvalue weighted by Crippen LogP contribution is 2.34. The molecule has 1 fully saturated rings. The Labute approximate surface area is 128 Å². The van der Waals surface area contributed by atoms with E-state index >= 15 is 0 Å². The zero-order valence-corrected chi connectivity index (χ0v) is 13.5. The van der Waals surface area contributed by atoms with Crippen molar-refractivity contribution in [2.24, 2.45) is 0 Å². The zero-order chi connectivity index (χ0) is 14.6. The molecule has 0 heterocycles. The lowest BCUT2D eigenvalue weighted by molar-refractivity contribution is -0.00324. The maximum Gasteiger partial charge on any atom is 0.137 e. The topological polar surface area (TPSA) is 32.3 Å². The van der Waals surface area contributed by atoms with Crippen LogP contribution in [0.25, 0.3) is 0 Å². The Kier molecular flexibility index (Phi) is 5.58. The average Bonchev–Trinajstić information content (AvgIpc) is 2.43. The van der Waals surface area contributed by atoms with Gasteiger partial charge in [0.1, 0.15) is 5.82 Å². The van der Waals surface area contributed by atoms with E-state index in [1.54, 1.807) is 6.07 Å². The fraction of sp³-hybridized carbons (Fsp3) is 0.625. The Morgan fingerprint density at radius 3 is 2.75 bits per heavy atom. The van der Waals surface area contributed by atoms with Gasteiger partial charge in [0.25, 0.3) is 0 Å². The summed E-state index contributed by atoms with van der Waals surface area (Å²) in [6.45, 7) is 3.20. The highest BCUT2D eigenvalue weighted by molar-refractivity contribution is 9.10. The zero-order valence-electron chi connectivity index (χ0n) is 12.0. The Bertz CT molecular complexity index is 444. The standard InChI is InChI=1S/C16H23BrFNO/c1-2-10-19-13-6-8-16(20,9-7-13)11-12-4-3-5-14(18)15(12)17/h3-5,13,19-20H,2,6-11H2,1H3. The highest BCUT2D eigenvalue weighted by Gasteiger charge is 2.33. The van der Waals surface area contributed by atoms with Gasteiger partial charge in [-0.05, 0) is 66.2 Å². The van der Waals surface area contributed by atoms with Crippen molar-refractivity contribution in [2.75, 3.05) is 6.54 Å². The van der Waals surface area contributed by atoms with Crippen molar-refractivity contribution in [3.8, 4) is 0 Å². The fourth-order valence-electron chi connectivity index (χ4n) is 2.92. The lowest BCUT2D eigenvalue weighted by Crippen LogP contribution is -2.42. The third-order valence-corrected chi connectivity index (χ3v) is 5.04. The first-order chi connectivity index (χ1) is 9.54. The van der Waals surface area contributed by atoms with Crippen LogP contribution < -0.4 is 5.32 Å². The molecular weight excluding hydrogens is 321 g/mol. The van der Waals surface area contributed by atoms with Crippen molar-refractivity contribution in [1.29, 1.82) is 0 Å². The summed E-state index contributed by atoms with van der Waals surface area (Å²) in [6.07, 6.45) is 5.18. The molecule has 0 saturated heterocycles. The van der Waals surface area contributed by atoms with Crippen LogP contribution >= 0.6 is 15.9 Å². The van der Waals surface area contributed by atoms with Gasteiger partial charge in [-0.1, -0.05) is 19.1 Å². The van der Waals surface area contributed by atoms with Gasteiger partial charge >= 0.3 is 0 Å². The molecule has 1 aromatic carbocycles. The number of hydrogen-bond donors (Lipinski definition) is 2. The average molecular weight is 344 g/mol. The number of aliphatic hydroxyl groups is 1. The molecule has 0 atom stereocenters. The lowest BCUT2D eigenvalue weighted by atomic mass is 9.78. The van der Waals surface area contributed by atoms with Gasteiger partial charge in [0, 0.05) is 12.5 Å². The maximum absolute atomic E-state index is 13.5. The van der Waals surface area contributed by atoms with Gasteiger partial charge in [-0.25, -0.2) is 4.39 Å². The third kappa shape index (κ3) is 4.03. The van der Waals surface area contributed by atoms with Crippen LogP contribution in [-0.2, 0) is 6.42 Å². The van der Waals surface area contributed by atoms with Crippen LogP contribution in [0.15, 0.2) is 22.7 Å². The number of rotatable bonds is 5. The van der Waals surface area contributed by atoms with Crippen LogP contribution in [0, 0.1) is 5.82 Å². The monoisotopic (exact) mass is 343 g/mol. The molecule has 0 bridgehead atoms. The van der Waals surface area contributed by atoms with Crippen LogP contribution in [0.2, 0.25) is 0 Å². The molecule has 1 saturated carbocycles. The largest absolute Gasteiger partial charge is 0.390 e. The Hall–Kier alpha value is -0.450. The van der Waals surface area contributed by atoms with Gasteiger partial charge in [-0.2, -0.15) is 0 Å². The summed E-state index contributed by atoms with van der Waals surface area (Å²) in [6, 6.07) is 5.54. The number of benzene rings is 1. The van der Waals surface area contributed by atoms with Gasteiger partial charge < -0.3 is 10.4 Å². The van der Waals surface area contributed by atoms with Gasteiger partial charge in [0.05, 0.1) is 10.1 Å².